The SMILES string of the molecule is O=C(O)CCC(=O)c1cc(-c2c[nH]c3cc(F)ccc23)co1. The Morgan fingerprint density at radius 2 is 2.05 bits per heavy atom. The molecular formula is C16H12FNO4. The fourth-order valence-corrected chi connectivity index (χ4v) is 2.30. The molecule has 5 nitrogen and oxygen atoms in total. The minimum absolute atomic E-state index is 0.110. The first-order valence-corrected chi connectivity index (χ1v) is 6.65. The van der Waals surface area contributed by atoms with Gasteiger partial charge in [0.2, 0.25) is 0 Å². The molecule has 0 atom stereocenters. The number of halogens is 1. The van der Waals surface area contributed by atoms with Crippen molar-refractivity contribution in [2.45, 2.75) is 12.8 Å². The lowest BCUT2D eigenvalue weighted by molar-refractivity contribution is -0.136. The van der Waals surface area contributed by atoms with E-state index in [1.807, 2.05) is 0 Å². The van der Waals surface area contributed by atoms with Gasteiger partial charge in [-0.1, -0.05) is 0 Å². The zero-order valence-corrected chi connectivity index (χ0v) is 11.4. The third-order valence-corrected chi connectivity index (χ3v) is 3.40. The van der Waals surface area contributed by atoms with Crippen LogP contribution < -0.4 is 0 Å². The second-order valence-corrected chi connectivity index (χ2v) is 4.91. The highest BCUT2D eigenvalue weighted by Crippen LogP contribution is 2.30. The number of aromatic amines is 1. The second kappa shape index (κ2) is 5.48. The van der Waals surface area contributed by atoms with E-state index in [4.69, 9.17) is 9.52 Å². The van der Waals surface area contributed by atoms with Crippen molar-refractivity contribution in [3.05, 3.63) is 48.3 Å². The van der Waals surface area contributed by atoms with Crippen LogP contribution in [0.2, 0.25) is 0 Å². The van der Waals surface area contributed by atoms with Gasteiger partial charge in [0.25, 0.3) is 0 Å². The van der Waals surface area contributed by atoms with Crippen LogP contribution in [-0.4, -0.2) is 21.8 Å². The lowest BCUT2D eigenvalue weighted by atomic mass is 10.1. The highest BCUT2D eigenvalue weighted by Gasteiger charge is 2.15. The third kappa shape index (κ3) is 2.63. The van der Waals surface area contributed by atoms with Crippen molar-refractivity contribution in [2.24, 2.45) is 0 Å². The minimum atomic E-state index is -1.03. The predicted octanol–water partition coefficient (Wildman–Crippen LogP) is 3.61. The molecule has 0 bridgehead atoms. The van der Waals surface area contributed by atoms with Gasteiger partial charge in [-0.25, -0.2) is 4.39 Å². The van der Waals surface area contributed by atoms with Crippen LogP contribution in [0.4, 0.5) is 4.39 Å². The fourth-order valence-electron chi connectivity index (χ4n) is 2.30. The molecule has 0 saturated heterocycles. The number of furan rings is 1. The number of carboxylic acids is 1. The quantitative estimate of drug-likeness (QED) is 0.705. The number of nitrogens with one attached hydrogen (secondary N) is 1. The molecule has 0 spiro atoms. The van der Waals surface area contributed by atoms with Gasteiger partial charge in [-0.3, -0.25) is 9.59 Å². The van der Waals surface area contributed by atoms with Gasteiger partial charge in [0.1, 0.15) is 5.82 Å². The summed E-state index contributed by atoms with van der Waals surface area (Å²) in [6.45, 7) is 0. The van der Waals surface area contributed by atoms with Crippen LogP contribution in [0.25, 0.3) is 22.0 Å². The maximum absolute atomic E-state index is 13.2. The summed E-state index contributed by atoms with van der Waals surface area (Å²) in [6.07, 6.45) is 2.79. The number of aliphatic carboxylic acids is 1. The molecule has 112 valence electrons. The Labute approximate surface area is 124 Å². The van der Waals surface area contributed by atoms with Crippen LogP contribution in [0.5, 0.6) is 0 Å². The summed E-state index contributed by atoms with van der Waals surface area (Å²) >= 11 is 0. The lowest BCUT2D eigenvalue weighted by Gasteiger charge is -1.95. The van der Waals surface area contributed by atoms with Gasteiger partial charge >= 0.3 is 5.97 Å². The molecule has 2 heterocycles. The normalized spacial score (nSPS) is 11.0. The van der Waals surface area contributed by atoms with Crippen LogP contribution in [0.15, 0.2) is 41.1 Å². The van der Waals surface area contributed by atoms with Crippen molar-refractivity contribution in [3.8, 4) is 11.1 Å². The Balaban J connectivity index is 1.89. The molecule has 0 aliphatic carbocycles. The monoisotopic (exact) mass is 301 g/mol. The van der Waals surface area contributed by atoms with Gasteiger partial charge in [-0.15, -0.1) is 0 Å². The Bertz CT molecular complexity index is 862. The van der Waals surface area contributed by atoms with Crippen molar-refractivity contribution in [2.75, 3.05) is 0 Å². The molecule has 6 heteroatoms. The highest BCUT2D eigenvalue weighted by atomic mass is 19.1. The number of fused-ring (bicyclic) bond motifs is 1. The van der Waals surface area contributed by atoms with E-state index in [0.29, 0.717) is 11.1 Å². The first kappa shape index (κ1) is 14.1. The van der Waals surface area contributed by atoms with Crippen LogP contribution in [0.1, 0.15) is 23.4 Å². The maximum atomic E-state index is 13.2. The number of carboxylic acid groups (broad SMARTS) is 1. The summed E-state index contributed by atoms with van der Waals surface area (Å²) in [5, 5.41) is 9.40. The number of Topliss-reactive ketones (excluding diaryl/α,β-unsaturated/α-hetero) is 1. The summed E-state index contributed by atoms with van der Waals surface area (Å²) in [5.74, 6) is -1.61. The maximum Gasteiger partial charge on any atom is 0.303 e. The zero-order chi connectivity index (χ0) is 15.7. The van der Waals surface area contributed by atoms with E-state index in [2.05, 4.69) is 4.98 Å². The average molecular weight is 301 g/mol. The molecule has 0 aliphatic rings. The van der Waals surface area contributed by atoms with E-state index >= 15 is 0 Å². The number of carbonyl (C=O) groups is 2. The van der Waals surface area contributed by atoms with Gasteiger partial charge in [0.05, 0.1) is 12.7 Å². The molecule has 3 rings (SSSR count). The Hall–Kier alpha value is -2.89. The van der Waals surface area contributed by atoms with Crippen LogP contribution in [-0.2, 0) is 4.79 Å². The molecule has 0 radical (unpaired) electrons. The number of ketones is 1. The Morgan fingerprint density at radius 3 is 2.82 bits per heavy atom. The second-order valence-electron chi connectivity index (χ2n) is 4.91. The summed E-state index contributed by atoms with van der Waals surface area (Å²) < 4.78 is 18.4. The predicted molar refractivity (Wildman–Crippen MR) is 77.2 cm³/mol. The van der Waals surface area contributed by atoms with Gasteiger partial charge in [0.15, 0.2) is 11.5 Å². The summed E-state index contributed by atoms with van der Waals surface area (Å²) in [6, 6.07) is 5.96. The van der Waals surface area contributed by atoms with Gasteiger partial charge in [-0.05, 0) is 24.3 Å². The van der Waals surface area contributed by atoms with Crippen molar-refractivity contribution < 1.29 is 23.5 Å². The number of carbonyl (C=O) groups excluding carboxylic acids is 1. The van der Waals surface area contributed by atoms with Crippen molar-refractivity contribution in [1.82, 2.24) is 4.98 Å². The largest absolute Gasteiger partial charge is 0.481 e. The summed E-state index contributed by atoms with van der Waals surface area (Å²) in [5.41, 5.74) is 2.11. The van der Waals surface area contributed by atoms with Crippen molar-refractivity contribution >= 4 is 22.7 Å². The number of hydrogen-bond acceptors (Lipinski definition) is 3. The van der Waals surface area contributed by atoms with Crippen LogP contribution >= 0.6 is 0 Å². The molecule has 2 aromatic heterocycles. The third-order valence-electron chi connectivity index (χ3n) is 3.40. The molecule has 0 aliphatic heterocycles. The lowest BCUT2D eigenvalue weighted by Crippen LogP contribution is -2.02. The standard InChI is InChI=1S/C16H12FNO4/c17-10-1-2-11-12(7-18-13(11)6-10)9-5-15(22-8-9)14(19)3-4-16(20)21/h1-2,5-8,18H,3-4H2,(H,20,21). The van der Waals surface area contributed by atoms with Gasteiger partial charge in [0, 0.05) is 34.6 Å². The smallest absolute Gasteiger partial charge is 0.303 e. The van der Waals surface area contributed by atoms with E-state index in [0.717, 1.165) is 10.9 Å². The molecule has 22 heavy (non-hydrogen) atoms. The van der Waals surface area contributed by atoms with Crippen LogP contribution in [0.3, 0.4) is 0 Å². The van der Waals surface area contributed by atoms with Gasteiger partial charge < -0.3 is 14.5 Å². The number of hydrogen-bond donors (Lipinski definition) is 2. The Kier molecular flexibility index (Phi) is 3.50. The summed E-state index contributed by atoms with van der Waals surface area (Å²) in [4.78, 5) is 25.3. The Morgan fingerprint density at radius 1 is 1.23 bits per heavy atom. The molecule has 3 aromatic rings. The molecule has 0 amide bonds. The average Bonchev–Trinajstić information content (AvgIpc) is 3.10. The van der Waals surface area contributed by atoms with Crippen molar-refractivity contribution in [3.63, 3.8) is 0 Å². The number of H-pyrrole nitrogens is 1. The van der Waals surface area contributed by atoms with E-state index in [9.17, 15) is 14.0 Å². The van der Waals surface area contributed by atoms with Crippen LogP contribution in [0, 0.1) is 5.82 Å². The first-order valence-electron chi connectivity index (χ1n) is 6.65. The highest BCUT2D eigenvalue weighted by molar-refractivity contribution is 5.99. The minimum Gasteiger partial charge on any atom is -0.481 e. The molecule has 0 saturated carbocycles. The molecule has 2 N–H and O–H groups in total. The molecule has 0 fully saturated rings. The zero-order valence-electron chi connectivity index (χ0n) is 11.4. The van der Waals surface area contributed by atoms with E-state index < -0.39 is 5.97 Å². The topological polar surface area (TPSA) is 83.3 Å². The number of benzene rings is 1. The van der Waals surface area contributed by atoms with Crippen molar-refractivity contribution in [1.29, 1.82) is 0 Å². The van der Waals surface area contributed by atoms with E-state index in [1.165, 1.54) is 18.4 Å². The van der Waals surface area contributed by atoms with E-state index in [1.54, 1.807) is 18.3 Å². The molecular weight excluding hydrogens is 289 g/mol. The van der Waals surface area contributed by atoms with E-state index in [-0.39, 0.29) is 30.2 Å². The summed E-state index contributed by atoms with van der Waals surface area (Å²) in [7, 11) is 0. The fraction of sp³-hybridized carbons (Fsp3) is 0.125. The molecule has 0 unspecified atom stereocenters. The molecule has 1 aromatic carbocycles. The van der Waals surface area contributed by atoms with Gasteiger partial charge in [-0.2, -0.15) is 0 Å². The number of aromatic nitrogens is 1. The number of rotatable bonds is 5. The first-order chi connectivity index (χ1) is 10.5.